The molecule has 5 rings (SSSR count). The zero-order valence-corrected chi connectivity index (χ0v) is 18.8. The molecule has 1 N–H and O–H groups in total. The predicted octanol–water partition coefficient (Wildman–Crippen LogP) is 3.41. The van der Waals surface area contributed by atoms with Crippen LogP contribution in [0.2, 0.25) is 0 Å². The second-order valence-corrected chi connectivity index (χ2v) is 8.76. The Hall–Kier alpha value is -3.47. The van der Waals surface area contributed by atoms with E-state index in [2.05, 4.69) is 67.6 Å². The Morgan fingerprint density at radius 3 is 2.33 bits per heavy atom. The Bertz CT molecular complexity index is 1210. The van der Waals surface area contributed by atoms with Crippen molar-refractivity contribution in [2.75, 3.05) is 39.3 Å². The van der Waals surface area contributed by atoms with E-state index in [1.165, 1.54) is 22.0 Å². The van der Waals surface area contributed by atoms with Gasteiger partial charge in [0.25, 0.3) is 0 Å². The Morgan fingerprint density at radius 1 is 0.879 bits per heavy atom. The number of hydrogen-bond donors (Lipinski definition) is 1. The number of aryl methyl sites for hydroxylation is 1. The molecule has 0 saturated carbocycles. The largest absolute Gasteiger partial charge is 0.361 e. The van der Waals surface area contributed by atoms with Crippen LogP contribution in [0.1, 0.15) is 23.1 Å². The van der Waals surface area contributed by atoms with Crippen LogP contribution in [0.15, 0.2) is 61.3 Å². The SMILES string of the molecule is N#Cc1ccc(CCN2CCN(CCCc3c[nH]c4ccc(-n5cnnc5)cc34)CC2)cc1. The number of nitriles is 1. The van der Waals surface area contributed by atoms with Crippen molar-refractivity contribution in [3.63, 3.8) is 0 Å². The van der Waals surface area contributed by atoms with Crippen molar-refractivity contribution >= 4 is 10.9 Å². The Kier molecular flexibility index (Phi) is 6.47. The van der Waals surface area contributed by atoms with Crippen LogP contribution in [-0.2, 0) is 12.8 Å². The molecule has 168 valence electrons. The Morgan fingerprint density at radius 2 is 1.61 bits per heavy atom. The van der Waals surface area contributed by atoms with Gasteiger partial charge in [-0.05, 0) is 67.3 Å². The first kappa shape index (κ1) is 21.4. The van der Waals surface area contributed by atoms with Crippen molar-refractivity contribution in [1.82, 2.24) is 29.5 Å². The maximum absolute atomic E-state index is 8.93. The standard InChI is InChI=1S/C26H29N7/c27-17-22-5-3-21(4-6-22)9-11-32-14-12-31(13-15-32)10-1-2-23-18-28-26-8-7-24(16-25(23)26)33-19-29-30-20-33/h3-8,16,18-20,28H,1-2,9-15H2. The third-order valence-electron chi connectivity index (χ3n) is 6.65. The lowest BCUT2D eigenvalue weighted by Crippen LogP contribution is -2.47. The third-order valence-corrected chi connectivity index (χ3v) is 6.65. The number of aromatic nitrogens is 4. The normalized spacial score (nSPS) is 15.1. The average molecular weight is 440 g/mol. The minimum atomic E-state index is 0.732. The monoisotopic (exact) mass is 439 g/mol. The molecule has 2 aromatic carbocycles. The molecule has 33 heavy (non-hydrogen) atoms. The van der Waals surface area contributed by atoms with E-state index in [0.717, 1.165) is 69.8 Å². The minimum Gasteiger partial charge on any atom is -0.361 e. The molecule has 2 aromatic heterocycles. The molecule has 7 heteroatoms. The van der Waals surface area contributed by atoms with Gasteiger partial charge in [-0.15, -0.1) is 10.2 Å². The molecule has 0 unspecified atom stereocenters. The van der Waals surface area contributed by atoms with E-state index in [1.54, 1.807) is 12.7 Å². The quantitative estimate of drug-likeness (QED) is 0.455. The highest BCUT2D eigenvalue weighted by Gasteiger charge is 2.16. The van der Waals surface area contributed by atoms with Gasteiger partial charge in [-0.25, -0.2) is 0 Å². The summed E-state index contributed by atoms with van der Waals surface area (Å²) in [5, 5.41) is 18.0. The molecule has 0 aliphatic carbocycles. The van der Waals surface area contributed by atoms with Crippen LogP contribution in [-0.4, -0.2) is 68.8 Å². The molecule has 0 radical (unpaired) electrons. The summed E-state index contributed by atoms with van der Waals surface area (Å²) in [7, 11) is 0. The van der Waals surface area contributed by atoms with Gasteiger partial charge in [-0.3, -0.25) is 4.57 Å². The summed E-state index contributed by atoms with van der Waals surface area (Å²) in [4.78, 5) is 8.56. The number of aromatic amines is 1. The van der Waals surface area contributed by atoms with Crippen LogP contribution >= 0.6 is 0 Å². The summed E-state index contributed by atoms with van der Waals surface area (Å²) in [6.45, 7) is 6.76. The highest BCUT2D eigenvalue weighted by Crippen LogP contribution is 2.23. The van der Waals surface area contributed by atoms with E-state index >= 15 is 0 Å². The molecule has 1 fully saturated rings. The van der Waals surface area contributed by atoms with Crippen LogP contribution in [0.25, 0.3) is 16.6 Å². The van der Waals surface area contributed by atoms with Crippen LogP contribution in [0, 0.1) is 11.3 Å². The maximum atomic E-state index is 8.93. The van der Waals surface area contributed by atoms with E-state index in [9.17, 15) is 0 Å². The van der Waals surface area contributed by atoms with Crippen molar-refractivity contribution in [3.8, 4) is 11.8 Å². The highest BCUT2D eigenvalue weighted by molar-refractivity contribution is 5.85. The van der Waals surface area contributed by atoms with Crippen LogP contribution in [0.4, 0.5) is 0 Å². The van der Waals surface area contributed by atoms with E-state index < -0.39 is 0 Å². The van der Waals surface area contributed by atoms with Crippen molar-refractivity contribution in [1.29, 1.82) is 5.26 Å². The molecular weight excluding hydrogens is 410 g/mol. The average Bonchev–Trinajstić information content (AvgIpc) is 3.54. The molecular formula is C26H29N7. The number of nitrogens with one attached hydrogen (secondary N) is 1. The van der Waals surface area contributed by atoms with Crippen LogP contribution in [0.3, 0.4) is 0 Å². The van der Waals surface area contributed by atoms with Crippen molar-refractivity contribution in [2.45, 2.75) is 19.3 Å². The number of rotatable bonds is 8. The number of piperazine rings is 1. The van der Waals surface area contributed by atoms with E-state index in [1.807, 2.05) is 16.7 Å². The minimum absolute atomic E-state index is 0.732. The molecule has 3 heterocycles. The van der Waals surface area contributed by atoms with Crippen molar-refractivity contribution in [3.05, 3.63) is 78.0 Å². The lowest BCUT2D eigenvalue weighted by Gasteiger charge is -2.34. The molecule has 1 aliphatic heterocycles. The topological polar surface area (TPSA) is 76.8 Å². The van der Waals surface area contributed by atoms with Gasteiger partial charge in [0, 0.05) is 55.5 Å². The molecule has 0 bridgehead atoms. The third kappa shape index (κ3) is 5.14. The first-order valence-electron chi connectivity index (χ1n) is 11.7. The highest BCUT2D eigenvalue weighted by atomic mass is 15.3. The lowest BCUT2D eigenvalue weighted by molar-refractivity contribution is 0.132. The number of hydrogen-bond acceptors (Lipinski definition) is 5. The summed E-state index contributed by atoms with van der Waals surface area (Å²) in [5.41, 5.74) is 5.68. The summed E-state index contributed by atoms with van der Waals surface area (Å²) in [6.07, 6.45) is 8.90. The smallest absolute Gasteiger partial charge is 0.123 e. The predicted molar refractivity (Wildman–Crippen MR) is 129 cm³/mol. The first-order valence-corrected chi connectivity index (χ1v) is 11.7. The molecule has 7 nitrogen and oxygen atoms in total. The molecule has 1 saturated heterocycles. The molecule has 0 amide bonds. The van der Waals surface area contributed by atoms with Crippen LogP contribution < -0.4 is 0 Å². The maximum Gasteiger partial charge on any atom is 0.123 e. The second kappa shape index (κ2) is 9.99. The summed E-state index contributed by atoms with van der Waals surface area (Å²) < 4.78 is 1.94. The van der Waals surface area contributed by atoms with Gasteiger partial charge in [0.05, 0.1) is 11.6 Å². The van der Waals surface area contributed by atoms with Gasteiger partial charge in [-0.2, -0.15) is 5.26 Å². The van der Waals surface area contributed by atoms with Gasteiger partial charge >= 0.3 is 0 Å². The zero-order chi connectivity index (χ0) is 22.5. The number of nitrogens with zero attached hydrogens (tertiary/aromatic N) is 6. The molecule has 1 aliphatic rings. The number of H-pyrrole nitrogens is 1. The van der Waals surface area contributed by atoms with Gasteiger partial charge < -0.3 is 14.8 Å². The molecule has 4 aromatic rings. The molecule has 0 spiro atoms. The van der Waals surface area contributed by atoms with Gasteiger partial charge in [0.2, 0.25) is 0 Å². The Balaban J connectivity index is 1.07. The van der Waals surface area contributed by atoms with E-state index in [-0.39, 0.29) is 0 Å². The summed E-state index contributed by atoms with van der Waals surface area (Å²) in [5.74, 6) is 0. The van der Waals surface area contributed by atoms with E-state index in [4.69, 9.17) is 5.26 Å². The fourth-order valence-corrected chi connectivity index (χ4v) is 4.63. The van der Waals surface area contributed by atoms with Gasteiger partial charge in [-0.1, -0.05) is 12.1 Å². The van der Waals surface area contributed by atoms with E-state index in [0.29, 0.717) is 0 Å². The molecule has 0 atom stereocenters. The second-order valence-electron chi connectivity index (χ2n) is 8.76. The number of benzene rings is 2. The van der Waals surface area contributed by atoms with Crippen molar-refractivity contribution in [2.24, 2.45) is 0 Å². The fraction of sp³-hybridized carbons (Fsp3) is 0.346. The van der Waals surface area contributed by atoms with Gasteiger partial charge in [0.1, 0.15) is 12.7 Å². The lowest BCUT2D eigenvalue weighted by atomic mass is 10.1. The fourth-order valence-electron chi connectivity index (χ4n) is 4.63. The number of fused-ring (bicyclic) bond motifs is 1. The van der Waals surface area contributed by atoms with Crippen molar-refractivity contribution < 1.29 is 0 Å². The first-order chi connectivity index (χ1) is 16.3. The summed E-state index contributed by atoms with van der Waals surface area (Å²) >= 11 is 0. The Labute approximate surface area is 194 Å². The zero-order valence-electron chi connectivity index (χ0n) is 18.8. The van der Waals surface area contributed by atoms with Gasteiger partial charge in [0.15, 0.2) is 0 Å². The summed E-state index contributed by atoms with van der Waals surface area (Å²) in [6, 6.07) is 16.6. The van der Waals surface area contributed by atoms with Crippen LogP contribution in [0.5, 0.6) is 0 Å².